The van der Waals surface area contributed by atoms with Crippen LogP contribution in [0.3, 0.4) is 0 Å². The lowest BCUT2D eigenvalue weighted by Gasteiger charge is -2.41. The molecular formula is C21H30IN3O3S. The summed E-state index contributed by atoms with van der Waals surface area (Å²) in [4.78, 5) is 8.56. The third-order valence-electron chi connectivity index (χ3n) is 5.52. The van der Waals surface area contributed by atoms with Crippen molar-refractivity contribution in [2.75, 3.05) is 32.8 Å². The van der Waals surface area contributed by atoms with Crippen molar-refractivity contribution in [1.29, 1.82) is 0 Å². The van der Waals surface area contributed by atoms with Crippen molar-refractivity contribution in [3.05, 3.63) is 46.5 Å². The van der Waals surface area contributed by atoms with Gasteiger partial charge in [-0.2, -0.15) is 0 Å². The number of guanidine groups is 1. The molecule has 2 aliphatic rings. The van der Waals surface area contributed by atoms with Gasteiger partial charge >= 0.3 is 0 Å². The molecule has 0 aromatic carbocycles. The monoisotopic (exact) mass is 531 g/mol. The fourth-order valence-electron chi connectivity index (χ4n) is 3.94. The molecule has 8 heteroatoms. The van der Waals surface area contributed by atoms with E-state index in [0.29, 0.717) is 25.7 Å². The van der Waals surface area contributed by atoms with Crippen LogP contribution in [0.25, 0.3) is 0 Å². The van der Waals surface area contributed by atoms with Crippen LogP contribution in [0.2, 0.25) is 0 Å². The van der Waals surface area contributed by atoms with Crippen LogP contribution in [0.1, 0.15) is 30.4 Å². The van der Waals surface area contributed by atoms with E-state index in [1.165, 1.54) is 4.88 Å². The van der Waals surface area contributed by atoms with E-state index in [9.17, 15) is 0 Å². The predicted octanol–water partition coefficient (Wildman–Crippen LogP) is 4.12. The van der Waals surface area contributed by atoms with E-state index in [1.54, 1.807) is 17.6 Å². The molecule has 2 fully saturated rings. The van der Waals surface area contributed by atoms with Crippen LogP contribution in [0.5, 0.6) is 0 Å². The first-order valence-corrected chi connectivity index (χ1v) is 11.0. The lowest BCUT2D eigenvalue weighted by molar-refractivity contribution is -0.189. The molecule has 1 unspecified atom stereocenters. The Morgan fingerprint density at radius 1 is 1.31 bits per heavy atom. The third kappa shape index (κ3) is 5.96. The molecule has 2 aromatic rings. The van der Waals surface area contributed by atoms with Crippen LogP contribution in [0.4, 0.5) is 0 Å². The zero-order valence-electron chi connectivity index (χ0n) is 16.8. The van der Waals surface area contributed by atoms with Gasteiger partial charge in [-0.15, -0.1) is 35.3 Å². The molecule has 1 N–H and O–H groups in total. The summed E-state index contributed by atoms with van der Waals surface area (Å²) in [6, 6.07) is 8.15. The van der Waals surface area contributed by atoms with Crippen LogP contribution in [-0.4, -0.2) is 49.5 Å². The van der Waals surface area contributed by atoms with Crippen LogP contribution >= 0.6 is 35.3 Å². The molecule has 2 aliphatic heterocycles. The standard InChI is InChI=1S/C21H29N3O3S.HI/c1-21(26-12-13-27-21)17-5-2-10-24(16-17)20(23-15-19-7-4-14-28-19)22-9-8-18-6-3-11-25-18;/h3-4,6-7,11,14,17H,2,5,8-10,12-13,15-16H2,1H3,(H,22,23);1H. The maximum atomic E-state index is 5.94. The Balaban J connectivity index is 0.00000240. The Labute approximate surface area is 193 Å². The molecular weight excluding hydrogens is 501 g/mol. The van der Waals surface area contributed by atoms with Crippen molar-refractivity contribution in [1.82, 2.24) is 10.2 Å². The van der Waals surface area contributed by atoms with Gasteiger partial charge in [0.1, 0.15) is 5.76 Å². The van der Waals surface area contributed by atoms with Gasteiger partial charge in [0.15, 0.2) is 11.7 Å². The maximum absolute atomic E-state index is 5.94. The third-order valence-corrected chi connectivity index (χ3v) is 6.38. The number of aliphatic imine (C=N–C) groups is 1. The van der Waals surface area contributed by atoms with Crippen molar-refractivity contribution in [3.63, 3.8) is 0 Å². The van der Waals surface area contributed by atoms with E-state index in [4.69, 9.17) is 18.9 Å². The normalized spacial score (nSPS) is 21.8. The number of nitrogens with zero attached hydrogens (tertiary/aromatic N) is 2. The average molecular weight is 531 g/mol. The number of hydrogen-bond acceptors (Lipinski definition) is 5. The fourth-order valence-corrected chi connectivity index (χ4v) is 4.57. The smallest absolute Gasteiger partial charge is 0.194 e. The van der Waals surface area contributed by atoms with E-state index >= 15 is 0 Å². The van der Waals surface area contributed by atoms with E-state index < -0.39 is 5.79 Å². The van der Waals surface area contributed by atoms with Gasteiger partial charge in [0.25, 0.3) is 0 Å². The SMILES string of the molecule is CC1(C2CCCN(C(=NCc3cccs3)NCCc3ccco3)C2)OCCO1.I. The Morgan fingerprint density at radius 3 is 2.90 bits per heavy atom. The summed E-state index contributed by atoms with van der Waals surface area (Å²) < 4.78 is 17.3. The minimum Gasteiger partial charge on any atom is -0.469 e. The van der Waals surface area contributed by atoms with Crippen LogP contribution in [-0.2, 0) is 22.4 Å². The summed E-state index contributed by atoms with van der Waals surface area (Å²) in [5.41, 5.74) is 0. The van der Waals surface area contributed by atoms with Crippen LogP contribution in [0.15, 0.2) is 45.3 Å². The average Bonchev–Trinajstić information content (AvgIpc) is 3.48. The van der Waals surface area contributed by atoms with Crippen molar-refractivity contribution in [2.45, 2.75) is 38.5 Å². The zero-order chi connectivity index (χ0) is 19.2. The molecule has 6 nitrogen and oxygen atoms in total. The largest absolute Gasteiger partial charge is 0.469 e. The predicted molar refractivity (Wildman–Crippen MR) is 126 cm³/mol. The maximum Gasteiger partial charge on any atom is 0.194 e. The number of thiophene rings is 1. The van der Waals surface area contributed by atoms with Gasteiger partial charge in [-0.1, -0.05) is 6.07 Å². The van der Waals surface area contributed by atoms with E-state index in [0.717, 1.165) is 50.6 Å². The molecule has 0 bridgehead atoms. The lowest BCUT2D eigenvalue weighted by Crippen LogP contribution is -2.52. The van der Waals surface area contributed by atoms with Gasteiger partial charge in [-0.25, -0.2) is 4.99 Å². The molecule has 2 saturated heterocycles. The first-order chi connectivity index (χ1) is 13.7. The molecule has 0 saturated carbocycles. The van der Waals surface area contributed by atoms with E-state index in [-0.39, 0.29) is 24.0 Å². The number of halogens is 1. The first kappa shape index (κ1) is 22.6. The fraction of sp³-hybridized carbons (Fsp3) is 0.571. The van der Waals surface area contributed by atoms with Crippen LogP contribution < -0.4 is 5.32 Å². The quantitative estimate of drug-likeness (QED) is 0.345. The summed E-state index contributed by atoms with van der Waals surface area (Å²) in [6.45, 7) is 6.86. The van der Waals surface area contributed by atoms with E-state index in [2.05, 4.69) is 34.7 Å². The number of piperidine rings is 1. The van der Waals surface area contributed by atoms with E-state index in [1.807, 2.05) is 12.1 Å². The molecule has 29 heavy (non-hydrogen) atoms. The number of nitrogens with one attached hydrogen (secondary N) is 1. The van der Waals surface area contributed by atoms with Crippen molar-refractivity contribution >= 4 is 41.3 Å². The summed E-state index contributed by atoms with van der Waals surface area (Å²) >= 11 is 1.75. The lowest BCUT2D eigenvalue weighted by atomic mass is 9.90. The molecule has 160 valence electrons. The number of ether oxygens (including phenoxy) is 2. The Kier molecular flexibility index (Phi) is 8.40. The van der Waals surface area contributed by atoms with Gasteiger partial charge in [-0.05, 0) is 43.3 Å². The second kappa shape index (κ2) is 10.8. The second-order valence-corrected chi connectivity index (χ2v) is 8.51. The molecule has 1 atom stereocenters. The molecule has 4 rings (SSSR count). The highest BCUT2D eigenvalue weighted by Gasteiger charge is 2.42. The van der Waals surface area contributed by atoms with Gasteiger partial charge in [-0.3, -0.25) is 0 Å². The number of furan rings is 1. The Hall–Kier alpha value is -1.10. The summed E-state index contributed by atoms with van der Waals surface area (Å²) in [6.07, 6.45) is 4.80. The van der Waals surface area contributed by atoms with Gasteiger partial charge in [0, 0.05) is 36.9 Å². The summed E-state index contributed by atoms with van der Waals surface area (Å²) in [5, 5.41) is 5.65. The second-order valence-electron chi connectivity index (χ2n) is 7.47. The highest BCUT2D eigenvalue weighted by Crippen LogP contribution is 2.34. The minimum atomic E-state index is -0.467. The number of rotatable bonds is 6. The molecule has 0 radical (unpaired) electrons. The highest BCUT2D eigenvalue weighted by atomic mass is 127. The van der Waals surface area contributed by atoms with Crippen molar-refractivity contribution in [3.8, 4) is 0 Å². The molecule has 0 amide bonds. The summed E-state index contributed by atoms with van der Waals surface area (Å²) in [5.74, 6) is 1.84. The van der Waals surface area contributed by atoms with Gasteiger partial charge in [0.05, 0.1) is 26.0 Å². The van der Waals surface area contributed by atoms with Crippen molar-refractivity contribution in [2.24, 2.45) is 10.9 Å². The Bertz CT molecular complexity index is 745. The highest BCUT2D eigenvalue weighted by molar-refractivity contribution is 14.0. The number of hydrogen-bond donors (Lipinski definition) is 1. The minimum absolute atomic E-state index is 0. The van der Waals surface area contributed by atoms with Crippen molar-refractivity contribution < 1.29 is 13.9 Å². The van der Waals surface area contributed by atoms with Gasteiger partial charge in [0.2, 0.25) is 0 Å². The number of likely N-dealkylation sites (tertiary alicyclic amines) is 1. The Morgan fingerprint density at radius 2 is 2.17 bits per heavy atom. The molecule has 4 heterocycles. The molecule has 0 spiro atoms. The first-order valence-electron chi connectivity index (χ1n) is 10.1. The topological polar surface area (TPSA) is 59.2 Å². The zero-order valence-corrected chi connectivity index (χ0v) is 20.0. The van der Waals surface area contributed by atoms with Crippen LogP contribution in [0, 0.1) is 5.92 Å². The summed E-state index contributed by atoms with van der Waals surface area (Å²) in [7, 11) is 0. The molecule has 0 aliphatic carbocycles. The molecule has 2 aromatic heterocycles. The van der Waals surface area contributed by atoms with Gasteiger partial charge < -0.3 is 24.1 Å².